The minimum Gasteiger partial charge on any atom is -0.368 e. The quantitative estimate of drug-likeness (QED) is 0.764. The Morgan fingerprint density at radius 1 is 0.889 bits per heavy atom. The number of hydrogen-bond donors (Lipinski definition) is 2. The molecule has 98 valence electrons. The highest BCUT2D eigenvalue weighted by Gasteiger charge is 2.13. The molecule has 0 saturated heterocycles. The van der Waals surface area contributed by atoms with Gasteiger partial charge in [0.25, 0.3) is 0 Å². The highest BCUT2D eigenvalue weighted by atomic mass is 35.5. The van der Waals surface area contributed by atoms with Gasteiger partial charge >= 0.3 is 0 Å². The minimum absolute atomic E-state index is 0.372. The number of amides is 2. The summed E-state index contributed by atoms with van der Waals surface area (Å²) in [5.74, 6) is -1.09. The molecule has 4 nitrogen and oxygen atoms in total. The van der Waals surface area contributed by atoms with Crippen LogP contribution in [0.1, 0.15) is 11.1 Å². The molecule has 2 atom stereocenters. The van der Waals surface area contributed by atoms with Gasteiger partial charge in [-0.3, -0.25) is 9.59 Å². The number of benzene rings is 1. The maximum absolute atomic E-state index is 10.8. The van der Waals surface area contributed by atoms with Gasteiger partial charge in [0.2, 0.25) is 11.8 Å². The summed E-state index contributed by atoms with van der Waals surface area (Å²) in [6, 6.07) is 7.27. The summed E-state index contributed by atoms with van der Waals surface area (Å²) < 4.78 is 0. The van der Waals surface area contributed by atoms with Crippen LogP contribution in [-0.2, 0) is 22.4 Å². The first-order valence-corrected chi connectivity index (χ1v) is 6.22. The molecule has 0 aromatic heterocycles. The molecule has 0 spiro atoms. The van der Waals surface area contributed by atoms with E-state index in [2.05, 4.69) is 0 Å². The van der Waals surface area contributed by atoms with Crippen LogP contribution in [0, 0.1) is 0 Å². The van der Waals surface area contributed by atoms with Crippen molar-refractivity contribution >= 4 is 35.0 Å². The molecule has 6 heteroatoms. The minimum atomic E-state index is -0.720. The van der Waals surface area contributed by atoms with Gasteiger partial charge in [0, 0.05) is 0 Å². The van der Waals surface area contributed by atoms with Gasteiger partial charge in [0.05, 0.1) is 0 Å². The van der Waals surface area contributed by atoms with Crippen LogP contribution in [-0.4, -0.2) is 22.6 Å². The standard InChI is InChI=1S/C12H14Cl2N2O2/c13-9(11(15)17)5-7-1-2-8(4-3-7)6-10(14)12(16)18/h1-4,9-10H,5-6H2,(H2,15,17)(H2,16,18). The predicted molar refractivity (Wildman–Crippen MR) is 71.5 cm³/mol. The van der Waals surface area contributed by atoms with Gasteiger partial charge in [-0.25, -0.2) is 0 Å². The highest BCUT2D eigenvalue weighted by molar-refractivity contribution is 6.31. The lowest BCUT2D eigenvalue weighted by atomic mass is 10.0. The first-order chi connectivity index (χ1) is 8.40. The molecule has 1 rings (SSSR count). The molecule has 18 heavy (non-hydrogen) atoms. The summed E-state index contributed by atoms with van der Waals surface area (Å²) in [7, 11) is 0. The summed E-state index contributed by atoms with van der Waals surface area (Å²) >= 11 is 11.5. The first kappa shape index (κ1) is 14.8. The van der Waals surface area contributed by atoms with Crippen molar-refractivity contribution in [2.75, 3.05) is 0 Å². The lowest BCUT2D eigenvalue weighted by Crippen LogP contribution is -2.26. The Hall–Kier alpha value is -1.26. The molecule has 2 unspecified atom stereocenters. The van der Waals surface area contributed by atoms with E-state index in [4.69, 9.17) is 34.7 Å². The zero-order valence-electron chi connectivity index (χ0n) is 9.61. The highest BCUT2D eigenvalue weighted by Crippen LogP contribution is 2.13. The molecule has 0 saturated carbocycles. The summed E-state index contributed by atoms with van der Waals surface area (Å²) in [6.07, 6.45) is 0.745. The fraction of sp³-hybridized carbons (Fsp3) is 0.333. The Bertz CT molecular complexity index is 393. The van der Waals surface area contributed by atoms with Crippen molar-refractivity contribution in [2.24, 2.45) is 11.5 Å². The Labute approximate surface area is 115 Å². The van der Waals surface area contributed by atoms with E-state index in [9.17, 15) is 9.59 Å². The third-order valence-electron chi connectivity index (χ3n) is 2.47. The number of rotatable bonds is 6. The Balaban J connectivity index is 2.63. The van der Waals surface area contributed by atoms with Crippen LogP contribution < -0.4 is 11.5 Å². The van der Waals surface area contributed by atoms with Crippen molar-refractivity contribution in [3.63, 3.8) is 0 Å². The number of carbonyl (C=O) groups excluding carboxylic acids is 2. The van der Waals surface area contributed by atoms with E-state index in [1.807, 2.05) is 24.3 Å². The Morgan fingerprint density at radius 3 is 1.39 bits per heavy atom. The molecule has 0 heterocycles. The number of alkyl halides is 2. The van der Waals surface area contributed by atoms with E-state index in [0.29, 0.717) is 12.8 Å². The largest absolute Gasteiger partial charge is 0.368 e. The fourth-order valence-electron chi connectivity index (χ4n) is 1.43. The van der Waals surface area contributed by atoms with E-state index in [1.54, 1.807) is 0 Å². The SMILES string of the molecule is NC(=O)C(Cl)Cc1ccc(CC(Cl)C(N)=O)cc1. The summed E-state index contributed by atoms with van der Waals surface area (Å²) in [5, 5.41) is -1.44. The second kappa shape index (κ2) is 6.61. The first-order valence-electron chi connectivity index (χ1n) is 5.34. The summed E-state index contributed by atoms with van der Waals surface area (Å²) in [4.78, 5) is 21.6. The van der Waals surface area contributed by atoms with Crippen LogP contribution in [0.3, 0.4) is 0 Å². The number of hydrogen-bond acceptors (Lipinski definition) is 2. The van der Waals surface area contributed by atoms with E-state index in [-0.39, 0.29) is 0 Å². The van der Waals surface area contributed by atoms with Crippen molar-refractivity contribution in [3.05, 3.63) is 35.4 Å². The van der Waals surface area contributed by atoms with E-state index in [1.165, 1.54) is 0 Å². The predicted octanol–water partition coefficient (Wildman–Crippen LogP) is 0.957. The number of halogens is 2. The molecule has 0 fully saturated rings. The molecule has 1 aromatic carbocycles. The van der Waals surface area contributed by atoms with Crippen molar-refractivity contribution in [1.29, 1.82) is 0 Å². The maximum atomic E-state index is 10.8. The van der Waals surface area contributed by atoms with Crippen molar-refractivity contribution in [3.8, 4) is 0 Å². The van der Waals surface area contributed by atoms with Crippen LogP contribution in [0.4, 0.5) is 0 Å². The monoisotopic (exact) mass is 288 g/mol. The van der Waals surface area contributed by atoms with Gasteiger partial charge in [-0.2, -0.15) is 0 Å². The van der Waals surface area contributed by atoms with Crippen LogP contribution >= 0.6 is 23.2 Å². The van der Waals surface area contributed by atoms with Gasteiger partial charge < -0.3 is 11.5 Å². The average Bonchev–Trinajstić information content (AvgIpc) is 2.31. The molecule has 4 N–H and O–H groups in total. The fourth-order valence-corrected chi connectivity index (χ4v) is 1.78. The van der Waals surface area contributed by atoms with Crippen molar-refractivity contribution < 1.29 is 9.59 Å². The van der Waals surface area contributed by atoms with Crippen LogP contribution in [0.5, 0.6) is 0 Å². The molecule has 0 bridgehead atoms. The Kier molecular flexibility index (Phi) is 5.44. The molecule has 1 aromatic rings. The normalized spacial score (nSPS) is 13.9. The number of carbonyl (C=O) groups is 2. The van der Waals surface area contributed by atoms with E-state index in [0.717, 1.165) is 11.1 Å². The lowest BCUT2D eigenvalue weighted by Gasteiger charge is -2.08. The van der Waals surface area contributed by atoms with Crippen molar-refractivity contribution in [1.82, 2.24) is 0 Å². The molecular weight excluding hydrogens is 275 g/mol. The van der Waals surface area contributed by atoms with Gasteiger partial charge in [-0.05, 0) is 24.0 Å². The molecule has 0 aliphatic heterocycles. The zero-order chi connectivity index (χ0) is 13.7. The van der Waals surface area contributed by atoms with Gasteiger partial charge in [0.1, 0.15) is 10.8 Å². The van der Waals surface area contributed by atoms with Crippen LogP contribution in [0.2, 0.25) is 0 Å². The molecule has 2 amide bonds. The molecular formula is C12H14Cl2N2O2. The maximum Gasteiger partial charge on any atom is 0.235 e. The zero-order valence-corrected chi connectivity index (χ0v) is 11.1. The van der Waals surface area contributed by atoms with E-state index < -0.39 is 22.6 Å². The summed E-state index contributed by atoms with van der Waals surface area (Å²) in [5.41, 5.74) is 11.9. The van der Waals surface area contributed by atoms with Crippen LogP contribution in [0.15, 0.2) is 24.3 Å². The third kappa shape index (κ3) is 4.55. The summed E-state index contributed by atoms with van der Waals surface area (Å²) in [6.45, 7) is 0. The van der Waals surface area contributed by atoms with Crippen molar-refractivity contribution in [2.45, 2.75) is 23.6 Å². The van der Waals surface area contributed by atoms with Gasteiger partial charge in [0.15, 0.2) is 0 Å². The number of nitrogens with two attached hydrogens (primary N) is 2. The van der Waals surface area contributed by atoms with Gasteiger partial charge in [-0.1, -0.05) is 24.3 Å². The van der Waals surface area contributed by atoms with Crippen LogP contribution in [0.25, 0.3) is 0 Å². The second-order valence-corrected chi connectivity index (χ2v) is 5.02. The smallest absolute Gasteiger partial charge is 0.235 e. The third-order valence-corrected chi connectivity index (χ3v) is 3.21. The van der Waals surface area contributed by atoms with Gasteiger partial charge in [-0.15, -0.1) is 23.2 Å². The molecule has 0 aliphatic carbocycles. The lowest BCUT2D eigenvalue weighted by molar-refractivity contribution is -0.118. The number of primary amides is 2. The molecule has 0 radical (unpaired) electrons. The topological polar surface area (TPSA) is 86.2 Å². The second-order valence-electron chi connectivity index (χ2n) is 3.96. The Morgan fingerprint density at radius 2 is 1.17 bits per heavy atom. The average molecular weight is 289 g/mol. The molecule has 0 aliphatic rings. The van der Waals surface area contributed by atoms with E-state index >= 15 is 0 Å².